The Kier molecular flexibility index (Phi) is 6.29. The van der Waals surface area contributed by atoms with Crippen LogP contribution in [0.4, 0.5) is 5.69 Å². The molecule has 2 aromatic carbocycles. The number of aromatic nitrogens is 3. The van der Waals surface area contributed by atoms with Gasteiger partial charge in [0, 0.05) is 24.0 Å². The average Bonchev–Trinajstić information content (AvgIpc) is 3.34. The Hall–Kier alpha value is -3.52. The second kappa shape index (κ2) is 9.15. The minimum absolute atomic E-state index is 0.112. The van der Waals surface area contributed by atoms with Crippen LogP contribution in [0.2, 0.25) is 0 Å². The second-order valence-corrected chi connectivity index (χ2v) is 8.79. The molecule has 2 aromatic heterocycles. The highest BCUT2D eigenvalue weighted by Crippen LogP contribution is 2.35. The lowest BCUT2D eigenvalue weighted by atomic mass is 10.1. The SMILES string of the molecule is COc1ccc(OC)c(-c2csc(=Nc3c(C)n(C)n(-c4ccccc4)c3=O)n2C(C)C)c1. The molecule has 0 N–H and O–H groups in total. The summed E-state index contributed by atoms with van der Waals surface area (Å²) in [6, 6.07) is 15.4. The third-order valence-corrected chi connectivity index (χ3v) is 6.51. The van der Waals surface area contributed by atoms with Crippen LogP contribution in [-0.4, -0.2) is 28.2 Å². The van der Waals surface area contributed by atoms with Gasteiger partial charge in [-0.2, -0.15) is 0 Å². The second-order valence-electron chi connectivity index (χ2n) is 7.96. The maximum absolute atomic E-state index is 13.4. The molecule has 0 saturated heterocycles. The first kappa shape index (κ1) is 22.7. The third kappa shape index (κ3) is 4.02. The molecule has 33 heavy (non-hydrogen) atoms. The van der Waals surface area contributed by atoms with Crippen LogP contribution in [0.15, 0.2) is 63.7 Å². The van der Waals surface area contributed by atoms with Gasteiger partial charge in [0.2, 0.25) is 0 Å². The minimum atomic E-state index is -0.148. The van der Waals surface area contributed by atoms with Crippen LogP contribution in [-0.2, 0) is 7.05 Å². The van der Waals surface area contributed by atoms with E-state index >= 15 is 0 Å². The molecule has 4 aromatic rings. The standard InChI is InChI=1S/C25H28N4O3S/c1-16(2)28-21(20-14-19(31-5)12-13-22(20)32-6)15-33-25(28)26-23-17(3)27(4)29(24(23)30)18-10-8-7-9-11-18/h7-16H,1-6H3. The highest BCUT2D eigenvalue weighted by molar-refractivity contribution is 7.07. The Labute approximate surface area is 196 Å². The van der Waals surface area contributed by atoms with Gasteiger partial charge in [-0.3, -0.25) is 9.48 Å². The van der Waals surface area contributed by atoms with Crippen LogP contribution < -0.4 is 19.8 Å². The maximum Gasteiger partial charge on any atom is 0.297 e. The molecule has 0 saturated carbocycles. The van der Waals surface area contributed by atoms with E-state index in [0.717, 1.165) is 38.9 Å². The predicted molar refractivity (Wildman–Crippen MR) is 132 cm³/mol. The lowest BCUT2D eigenvalue weighted by Gasteiger charge is -2.15. The van der Waals surface area contributed by atoms with Gasteiger partial charge in [-0.05, 0) is 51.1 Å². The van der Waals surface area contributed by atoms with E-state index in [-0.39, 0.29) is 11.6 Å². The zero-order valence-electron chi connectivity index (χ0n) is 19.7. The summed E-state index contributed by atoms with van der Waals surface area (Å²) in [5, 5.41) is 2.05. The van der Waals surface area contributed by atoms with Gasteiger partial charge < -0.3 is 14.0 Å². The van der Waals surface area contributed by atoms with Gasteiger partial charge in [0.1, 0.15) is 11.5 Å². The molecule has 2 heterocycles. The Morgan fingerprint density at radius 3 is 2.39 bits per heavy atom. The molecule has 0 fully saturated rings. The van der Waals surface area contributed by atoms with Gasteiger partial charge in [-0.15, -0.1) is 11.3 Å². The molecule has 7 nitrogen and oxygen atoms in total. The molecule has 8 heteroatoms. The molecule has 0 bridgehead atoms. The van der Waals surface area contributed by atoms with Crippen LogP contribution in [0.25, 0.3) is 16.9 Å². The quantitative estimate of drug-likeness (QED) is 0.410. The predicted octanol–water partition coefficient (Wildman–Crippen LogP) is 4.84. The largest absolute Gasteiger partial charge is 0.497 e. The third-order valence-electron chi connectivity index (χ3n) is 5.67. The van der Waals surface area contributed by atoms with E-state index in [0.29, 0.717) is 5.69 Å². The van der Waals surface area contributed by atoms with E-state index in [1.54, 1.807) is 18.9 Å². The molecular formula is C25H28N4O3S. The molecular weight excluding hydrogens is 436 g/mol. The summed E-state index contributed by atoms with van der Waals surface area (Å²) in [5.41, 5.74) is 3.76. The molecule has 0 spiro atoms. The first-order chi connectivity index (χ1) is 15.9. The highest BCUT2D eigenvalue weighted by atomic mass is 32.1. The van der Waals surface area contributed by atoms with Crippen LogP contribution >= 0.6 is 11.3 Å². The first-order valence-electron chi connectivity index (χ1n) is 10.7. The van der Waals surface area contributed by atoms with E-state index < -0.39 is 0 Å². The van der Waals surface area contributed by atoms with Gasteiger partial charge in [-0.25, -0.2) is 9.67 Å². The van der Waals surface area contributed by atoms with Crippen molar-refractivity contribution in [2.24, 2.45) is 12.0 Å². The van der Waals surface area contributed by atoms with Crippen molar-refractivity contribution in [3.63, 3.8) is 0 Å². The molecule has 0 aliphatic heterocycles. The molecule has 0 amide bonds. The van der Waals surface area contributed by atoms with Gasteiger partial charge in [-0.1, -0.05) is 18.2 Å². The lowest BCUT2D eigenvalue weighted by molar-refractivity contribution is 0.404. The monoisotopic (exact) mass is 464 g/mol. The molecule has 172 valence electrons. The van der Waals surface area contributed by atoms with Crippen molar-refractivity contribution in [3.05, 3.63) is 74.8 Å². The summed E-state index contributed by atoms with van der Waals surface area (Å²) < 4.78 is 16.7. The van der Waals surface area contributed by atoms with Gasteiger partial charge >= 0.3 is 0 Å². The van der Waals surface area contributed by atoms with Crippen LogP contribution in [0.3, 0.4) is 0 Å². The van der Waals surface area contributed by atoms with E-state index in [2.05, 4.69) is 18.4 Å². The average molecular weight is 465 g/mol. The van der Waals surface area contributed by atoms with Crippen molar-refractivity contribution >= 4 is 17.0 Å². The topological polar surface area (TPSA) is 62.7 Å². The van der Waals surface area contributed by atoms with Crippen molar-refractivity contribution in [1.82, 2.24) is 13.9 Å². The van der Waals surface area contributed by atoms with Crippen molar-refractivity contribution in [2.75, 3.05) is 14.2 Å². The van der Waals surface area contributed by atoms with Crippen molar-refractivity contribution in [2.45, 2.75) is 26.8 Å². The van der Waals surface area contributed by atoms with E-state index in [4.69, 9.17) is 14.5 Å². The number of para-hydroxylation sites is 1. The number of rotatable bonds is 6. The van der Waals surface area contributed by atoms with Gasteiger partial charge in [0.15, 0.2) is 10.5 Å². The molecule has 0 unspecified atom stereocenters. The van der Waals surface area contributed by atoms with Crippen LogP contribution in [0.1, 0.15) is 25.6 Å². The summed E-state index contributed by atoms with van der Waals surface area (Å²) >= 11 is 1.50. The zero-order chi connectivity index (χ0) is 23.7. The molecule has 0 aliphatic rings. The maximum atomic E-state index is 13.4. The molecule has 0 atom stereocenters. The minimum Gasteiger partial charge on any atom is -0.497 e. The first-order valence-corrected chi connectivity index (χ1v) is 11.6. The number of nitrogens with zero attached hydrogens (tertiary/aromatic N) is 4. The number of thiazole rings is 1. The van der Waals surface area contributed by atoms with Crippen molar-refractivity contribution in [1.29, 1.82) is 0 Å². The summed E-state index contributed by atoms with van der Waals surface area (Å²) in [4.78, 5) is 19.0. The number of hydrogen-bond donors (Lipinski definition) is 0. The Bertz CT molecular complexity index is 1410. The summed E-state index contributed by atoms with van der Waals surface area (Å²) in [5.74, 6) is 1.49. The Morgan fingerprint density at radius 1 is 1.03 bits per heavy atom. The summed E-state index contributed by atoms with van der Waals surface area (Å²) in [7, 11) is 5.18. The van der Waals surface area contributed by atoms with E-state index in [1.165, 1.54) is 11.3 Å². The smallest absolute Gasteiger partial charge is 0.297 e. The lowest BCUT2D eigenvalue weighted by Crippen LogP contribution is -2.21. The van der Waals surface area contributed by atoms with Gasteiger partial charge in [0.05, 0.1) is 31.3 Å². The number of methoxy groups -OCH3 is 2. The molecule has 0 radical (unpaired) electrons. The van der Waals surface area contributed by atoms with E-state index in [9.17, 15) is 4.79 Å². The van der Waals surface area contributed by atoms with Gasteiger partial charge in [0.25, 0.3) is 5.56 Å². The zero-order valence-corrected chi connectivity index (χ0v) is 20.5. The fourth-order valence-corrected chi connectivity index (χ4v) is 4.91. The number of hydrogen-bond acceptors (Lipinski definition) is 5. The van der Waals surface area contributed by atoms with E-state index in [1.807, 2.05) is 72.6 Å². The summed E-state index contributed by atoms with van der Waals surface area (Å²) in [6.07, 6.45) is 0. The summed E-state index contributed by atoms with van der Waals surface area (Å²) in [6.45, 7) is 6.11. The van der Waals surface area contributed by atoms with Crippen molar-refractivity contribution in [3.8, 4) is 28.4 Å². The van der Waals surface area contributed by atoms with Crippen LogP contribution in [0.5, 0.6) is 11.5 Å². The van der Waals surface area contributed by atoms with Crippen LogP contribution in [0, 0.1) is 6.92 Å². The Balaban J connectivity index is 1.94. The number of ether oxygens (including phenoxy) is 2. The molecule has 4 rings (SSSR count). The normalized spacial score (nSPS) is 11.9. The fraction of sp³-hybridized carbons (Fsp3) is 0.280. The fourth-order valence-electron chi connectivity index (χ4n) is 3.89. The van der Waals surface area contributed by atoms with Crippen molar-refractivity contribution < 1.29 is 9.47 Å². The highest BCUT2D eigenvalue weighted by Gasteiger charge is 2.19. The Morgan fingerprint density at radius 2 is 1.76 bits per heavy atom. The number of benzene rings is 2. The molecule has 0 aliphatic carbocycles.